The van der Waals surface area contributed by atoms with Gasteiger partial charge in [0.1, 0.15) is 0 Å². The first-order valence-corrected chi connectivity index (χ1v) is 16.7. The van der Waals surface area contributed by atoms with Gasteiger partial charge in [-0.2, -0.15) is 0 Å². The van der Waals surface area contributed by atoms with Crippen molar-refractivity contribution in [1.82, 2.24) is 8.97 Å². The van der Waals surface area contributed by atoms with Crippen LogP contribution in [0.5, 0.6) is 0 Å². The molecule has 0 radical (unpaired) electrons. The largest absolute Gasteiger partial charge is 0.397 e. The van der Waals surface area contributed by atoms with E-state index in [-0.39, 0.29) is 0 Å². The van der Waals surface area contributed by atoms with E-state index >= 15 is 0 Å². The first-order valence-electron chi connectivity index (χ1n) is 16.7. The van der Waals surface area contributed by atoms with Gasteiger partial charge in [-0.25, -0.2) is 0 Å². The maximum absolute atomic E-state index is 5.81. The molecule has 0 amide bonds. The van der Waals surface area contributed by atoms with Crippen molar-refractivity contribution in [2.45, 2.75) is 6.92 Å². The molecule has 0 aliphatic carbocycles. The first-order chi connectivity index (χ1) is 24.2. The van der Waals surface area contributed by atoms with Crippen LogP contribution in [0.1, 0.15) is 5.56 Å². The molecule has 3 N–H and O–H groups in total. The van der Waals surface area contributed by atoms with Gasteiger partial charge in [0.25, 0.3) is 0 Å². The summed E-state index contributed by atoms with van der Waals surface area (Å²) in [5.74, 6) is 0. The van der Waals surface area contributed by atoms with E-state index in [2.05, 4.69) is 136 Å². The number of anilines is 3. The normalized spacial score (nSPS) is 11.4. The summed E-state index contributed by atoms with van der Waals surface area (Å²) < 4.78 is 4.90. The number of benzene rings is 7. The molecule has 0 fully saturated rings. The summed E-state index contributed by atoms with van der Waals surface area (Å²) >= 11 is 0. The molecular weight excluding hydrogens is 597 g/mol. The highest BCUT2D eigenvalue weighted by Gasteiger charge is 2.19. The lowest BCUT2D eigenvalue weighted by Gasteiger charge is -2.10. The van der Waals surface area contributed by atoms with Crippen molar-refractivity contribution in [3.63, 3.8) is 0 Å². The van der Waals surface area contributed by atoms with Gasteiger partial charge in [0.05, 0.1) is 39.0 Å². The third kappa shape index (κ3) is 4.77. The number of fused-ring (bicyclic) bond motifs is 12. The van der Waals surface area contributed by atoms with Crippen LogP contribution in [0, 0.1) is 6.92 Å². The molecule has 0 aliphatic rings. The van der Waals surface area contributed by atoms with Crippen LogP contribution in [0.25, 0.3) is 65.6 Å². The van der Waals surface area contributed by atoms with Gasteiger partial charge < -0.3 is 20.0 Å². The predicted octanol–water partition coefficient (Wildman–Crippen LogP) is 11.8. The number of nitrogen functional groups attached to an aromatic ring is 1. The number of rotatable bonds is 3. The quantitative estimate of drug-likeness (QED) is 0.151. The molecule has 0 spiro atoms. The van der Waals surface area contributed by atoms with E-state index in [0.29, 0.717) is 0 Å². The Labute approximate surface area is 284 Å². The van der Waals surface area contributed by atoms with Gasteiger partial charge in [-0.05, 0) is 78.5 Å². The van der Waals surface area contributed by atoms with Crippen LogP contribution in [0.2, 0.25) is 0 Å². The van der Waals surface area contributed by atoms with Crippen molar-refractivity contribution >= 4 is 77.0 Å². The number of nitrogens with one attached hydrogen (secondary N) is 1. The third-order valence-electron chi connectivity index (χ3n) is 9.53. The molecule has 4 nitrogen and oxygen atoms in total. The average molecular weight is 631 g/mol. The number of aryl methyl sites for hydroxylation is 1. The van der Waals surface area contributed by atoms with Crippen molar-refractivity contribution < 1.29 is 0 Å². The topological polar surface area (TPSA) is 47.4 Å². The van der Waals surface area contributed by atoms with Gasteiger partial charge >= 0.3 is 0 Å². The van der Waals surface area contributed by atoms with Crippen molar-refractivity contribution in [1.29, 1.82) is 0 Å². The second-order valence-corrected chi connectivity index (χ2v) is 12.6. The van der Waals surface area contributed by atoms with Gasteiger partial charge in [0.15, 0.2) is 0 Å². The minimum atomic E-state index is 0.761. The smallest absolute Gasteiger partial charge is 0.0635 e. The third-order valence-corrected chi connectivity index (χ3v) is 9.53. The van der Waals surface area contributed by atoms with E-state index in [1.54, 1.807) is 0 Å². The Kier molecular flexibility index (Phi) is 6.80. The Morgan fingerprint density at radius 1 is 0.449 bits per heavy atom. The molecule has 0 bridgehead atoms. The lowest BCUT2D eigenvalue weighted by Crippen LogP contribution is -1.94. The fraction of sp³-hybridized carbons (Fsp3) is 0.0222. The zero-order valence-corrected chi connectivity index (χ0v) is 27.1. The van der Waals surface area contributed by atoms with E-state index in [1.807, 2.05) is 54.6 Å². The monoisotopic (exact) mass is 630 g/mol. The fourth-order valence-corrected chi connectivity index (χ4v) is 7.36. The number of para-hydroxylation sites is 5. The van der Waals surface area contributed by atoms with Crippen LogP contribution < -0.4 is 11.1 Å². The van der Waals surface area contributed by atoms with E-state index in [4.69, 9.17) is 5.73 Å². The zero-order chi connectivity index (χ0) is 32.9. The number of hydrogen-bond acceptors (Lipinski definition) is 2. The molecule has 10 rings (SSSR count). The van der Waals surface area contributed by atoms with Gasteiger partial charge in [-0.15, -0.1) is 0 Å². The molecule has 0 saturated heterocycles. The fourth-order valence-electron chi connectivity index (χ4n) is 7.36. The maximum Gasteiger partial charge on any atom is 0.0635 e. The standard InChI is InChI=1S/C33H22N2.C12H12N2/c1-21-9-8-10-22(19-21)34-29-15-6-5-14-26(29)27-17-18-31-28(33(27)34)20-32-25-13-3-2-11-23(25)24-12-4-7-16-30(24)35(31)32;13-11-8-4-5-9-12(11)14-10-6-2-1-3-7-10/h2-20H,1H3;1-9,14H,13H2. The highest BCUT2D eigenvalue weighted by atomic mass is 15.0. The molecule has 0 aliphatic heterocycles. The Morgan fingerprint density at radius 2 is 1.06 bits per heavy atom. The first kappa shape index (κ1) is 28.7. The Balaban J connectivity index is 0.000000195. The summed E-state index contributed by atoms with van der Waals surface area (Å²) in [6, 6.07) is 59.9. The van der Waals surface area contributed by atoms with E-state index in [0.717, 1.165) is 17.1 Å². The summed E-state index contributed by atoms with van der Waals surface area (Å²) in [5.41, 5.74) is 17.3. The van der Waals surface area contributed by atoms with Crippen molar-refractivity contribution in [3.05, 3.63) is 175 Å². The molecule has 3 heterocycles. The van der Waals surface area contributed by atoms with Crippen LogP contribution in [0.4, 0.5) is 17.1 Å². The number of pyridine rings is 1. The Morgan fingerprint density at radius 3 is 1.82 bits per heavy atom. The zero-order valence-electron chi connectivity index (χ0n) is 27.1. The average Bonchev–Trinajstić information content (AvgIpc) is 3.70. The second-order valence-electron chi connectivity index (χ2n) is 12.6. The molecule has 49 heavy (non-hydrogen) atoms. The van der Waals surface area contributed by atoms with Crippen molar-refractivity contribution in [2.24, 2.45) is 0 Å². The van der Waals surface area contributed by atoms with Gasteiger partial charge in [0.2, 0.25) is 0 Å². The van der Waals surface area contributed by atoms with Crippen LogP contribution in [-0.2, 0) is 0 Å². The summed E-state index contributed by atoms with van der Waals surface area (Å²) in [7, 11) is 0. The molecule has 0 atom stereocenters. The minimum Gasteiger partial charge on any atom is -0.397 e. The van der Waals surface area contributed by atoms with E-state index in [1.165, 1.54) is 71.2 Å². The molecule has 10 aromatic rings. The lowest BCUT2D eigenvalue weighted by atomic mass is 10.1. The molecule has 234 valence electrons. The summed E-state index contributed by atoms with van der Waals surface area (Å²) in [5, 5.41) is 11.0. The minimum absolute atomic E-state index is 0.761. The molecule has 4 heteroatoms. The Bertz CT molecular complexity index is 2820. The van der Waals surface area contributed by atoms with Crippen LogP contribution in [-0.4, -0.2) is 8.97 Å². The molecular formula is C45H34N4. The van der Waals surface area contributed by atoms with Crippen molar-refractivity contribution in [3.8, 4) is 5.69 Å². The highest BCUT2D eigenvalue weighted by molar-refractivity contribution is 6.22. The van der Waals surface area contributed by atoms with Crippen LogP contribution >= 0.6 is 0 Å². The lowest BCUT2D eigenvalue weighted by molar-refractivity contribution is 1.18. The van der Waals surface area contributed by atoms with Gasteiger partial charge in [-0.3, -0.25) is 0 Å². The number of nitrogens with zero attached hydrogens (tertiary/aromatic N) is 2. The van der Waals surface area contributed by atoms with Crippen LogP contribution in [0.3, 0.4) is 0 Å². The predicted molar refractivity (Wildman–Crippen MR) is 210 cm³/mol. The summed E-state index contributed by atoms with van der Waals surface area (Å²) in [6.07, 6.45) is 0. The number of hydrogen-bond donors (Lipinski definition) is 2. The van der Waals surface area contributed by atoms with Gasteiger partial charge in [0, 0.05) is 38.3 Å². The van der Waals surface area contributed by atoms with Crippen molar-refractivity contribution in [2.75, 3.05) is 11.1 Å². The second kappa shape index (κ2) is 11.6. The molecule has 0 saturated carbocycles. The molecule has 7 aromatic carbocycles. The summed E-state index contributed by atoms with van der Waals surface area (Å²) in [4.78, 5) is 0. The van der Waals surface area contributed by atoms with Crippen LogP contribution in [0.15, 0.2) is 170 Å². The van der Waals surface area contributed by atoms with E-state index in [9.17, 15) is 0 Å². The molecule has 3 aromatic heterocycles. The number of nitrogens with two attached hydrogens (primary N) is 1. The number of aromatic nitrogens is 2. The molecule has 0 unspecified atom stereocenters. The summed E-state index contributed by atoms with van der Waals surface area (Å²) in [6.45, 7) is 2.16. The van der Waals surface area contributed by atoms with E-state index < -0.39 is 0 Å². The van der Waals surface area contributed by atoms with Gasteiger partial charge in [-0.1, -0.05) is 109 Å². The maximum atomic E-state index is 5.81. The highest BCUT2D eigenvalue weighted by Crippen LogP contribution is 2.40. The SMILES string of the molecule is Cc1cccc(-n2c3ccccc3c3ccc4c(cc5c6ccccc6c6ccccc6n54)c32)c1.Nc1ccccc1Nc1ccccc1. The Hall–Kier alpha value is -6.52.